The van der Waals surface area contributed by atoms with Crippen LogP contribution in [0.1, 0.15) is 39.5 Å². The minimum atomic E-state index is 0.177. The van der Waals surface area contributed by atoms with Crippen molar-refractivity contribution in [1.29, 1.82) is 0 Å². The van der Waals surface area contributed by atoms with Crippen molar-refractivity contribution in [2.75, 3.05) is 26.7 Å². The van der Waals surface area contributed by atoms with Crippen molar-refractivity contribution in [3.63, 3.8) is 0 Å². The number of amides is 1. The van der Waals surface area contributed by atoms with Gasteiger partial charge in [0.2, 0.25) is 5.91 Å². The number of nitrogens with zero attached hydrogens (tertiary/aromatic N) is 1. The summed E-state index contributed by atoms with van der Waals surface area (Å²) in [5.74, 6) is 0.977. The predicted octanol–water partition coefficient (Wildman–Crippen LogP) is 1.63. The van der Waals surface area contributed by atoms with Crippen LogP contribution in [0.3, 0.4) is 0 Å². The first-order valence-electron chi connectivity index (χ1n) is 7.11. The molecule has 0 saturated heterocycles. The van der Waals surface area contributed by atoms with Crippen LogP contribution >= 0.6 is 0 Å². The maximum atomic E-state index is 12.3. The van der Waals surface area contributed by atoms with Gasteiger partial charge in [-0.2, -0.15) is 0 Å². The molecule has 1 aliphatic carbocycles. The van der Waals surface area contributed by atoms with Gasteiger partial charge >= 0.3 is 0 Å². The first-order valence-corrected chi connectivity index (χ1v) is 7.11. The van der Waals surface area contributed by atoms with Gasteiger partial charge in [-0.3, -0.25) is 4.79 Å². The largest absolute Gasteiger partial charge is 0.377 e. The average Bonchev–Trinajstić information content (AvgIpc) is 2.37. The van der Waals surface area contributed by atoms with Gasteiger partial charge in [0.25, 0.3) is 0 Å². The highest BCUT2D eigenvalue weighted by molar-refractivity contribution is 5.78. The highest BCUT2D eigenvalue weighted by Gasteiger charge is 2.28. The highest BCUT2D eigenvalue weighted by atomic mass is 16.5. The number of hydrogen-bond donors (Lipinski definition) is 1. The standard InChI is InChI=1S/C14H28N2O2/c1-11(2)18-8-7-16(3)14(17)13-6-4-5-12(9-13)10-15/h11-13H,4-10,15H2,1-3H3. The van der Waals surface area contributed by atoms with Crippen molar-refractivity contribution in [3.8, 4) is 0 Å². The van der Waals surface area contributed by atoms with E-state index in [0.717, 1.165) is 19.3 Å². The molecule has 4 nitrogen and oxygen atoms in total. The third-order valence-electron chi connectivity index (χ3n) is 3.72. The fraction of sp³-hybridized carbons (Fsp3) is 0.929. The smallest absolute Gasteiger partial charge is 0.225 e. The Labute approximate surface area is 111 Å². The molecule has 0 radical (unpaired) electrons. The maximum Gasteiger partial charge on any atom is 0.225 e. The quantitative estimate of drug-likeness (QED) is 0.786. The Morgan fingerprint density at radius 3 is 2.78 bits per heavy atom. The van der Waals surface area contributed by atoms with Crippen molar-refractivity contribution in [1.82, 2.24) is 4.90 Å². The normalized spacial score (nSPS) is 24.3. The molecule has 0 spiro atoms. The molecule has 0 aromatic heterocycles. The molecule has 0 aromatic rings. The third kappa shape index (κ3) is 4.94. The summed E-state index contributed by atoms with van der Waals surface area (Å²) in [4.78, 5) is 14.1. The van der Waals surface area contributed by atoms with Crippen LogP contribution in [0, 0.1) is 11.8 Å². The Kier molecular flexibility index (Phi) is 6.65. The van der Waals surface area contributed by atoms with Gasteiger partial charge in [-0.05, 0) is 45.6 Å². The lowest BCUT2D eigenvalue weighted by Crippen LogP contribution is -2.38. The molecule has 1 rings (SSSR count). The Bertz CT molecular complexity index is 256. The lowest BCUT2D eigenvalue weighted by molar-refractivity contribution is -0.136. The Morgan fingerprint density at radius 1 is 1.44 bits per heavy atom. The Morgan fingerprint density at radius 2 is 2.17 bits per heavy atom. The number of hydrogen-bond acceptors (Lipinski definition) is 3. The van der Waals surface area contributed by atoms with Crippen molar-refractivity contribution < 1.29 is 9.53 Å². The zero-order valence-corrected chi connectivity index (χ0v) is 12.0. The van der Waals surface area contributed by atoms with Crippen molar-refractivity contribution in [3.05, 3.63) is 0 Å². The molecule has 1 fully saturated rings. The van der Waals surface area contributed by atoms with E-state index in [1.54, 1.807) is 0 Å². The number of ether oxygens (including phenoxy) is 1. The van der Waals surface area contributed by atoms with Gasteiger partial charge in [-0.25, -0.2) is 0 Å². The minimum Gasteiger partial charge on any atom is -0.377 e. The van der Waals surface area contributed by atoms with Crippen LogP contribution in [-0.4, -0.2) is 43.7 Å². The van der Waals surface area contributed by atoms with Crippen LogP contribution in [0.15, 0.2) is 0 Å². The van der Waals surface area contributed by atoms with E-state index in [1.165, 1.54) is 6.42 Å². The second-order valence-corrected chi connectivity index (χ2v) is 5.64. The summed E-state index contributed by atoms with van der Waals surface area (Å²) in [5, 5.41) is 0. The van der Waals surface area contributed by atoms with Crippen LogP contribution in [0.5, 0.6) is 0 Å². The molecule has 0 heterocycles. The van der Waals surface area contributed by atoms with E-state index in [2.05, 4.69) is 0 Å². The zero-order valence-electron chi connectivity index (χ0n) is 12.0. The molecule has 2 N–H and O–H groups in total. The predicted molar refractivity (Wildman–Crippen MR) is 73.2 cm³/mol. The van der Waals surface area contributed by atoms with Crippen LogP contribution < -0.4 is 5.73 Å². The minimum absolute atomic E-state index is 0.177. The number of rotatable bonds is 6. The number of likely N-dealkylation sites (N-methyl/N-ethyl adjacent to an activating group) is 1. The summed E-state index contributed by atoms with van der Waals surface area (Å²) in [6.45, 7) is 6.03. The zero-order chi connectivity index (χ0) is 13.5. The molecule has 2 unspecified atom stereocenters. The van der Waals surface area contributed by atoms with Gasteiger partial charge in [-0.1, -0.05) is 6.42 Å². The summed E-state index contributed by atoms with van der Waals surface area (Å²) >= 11 is 0. The second-order valence-electron chi connectivity index (χ2n) is 5.64. The fourth-order valence-corrected chi connectivity index (χ4v) is 2.58. The molecule has 106 valence electrons. The van der Waals surface area contributed by atoms with Gasteiger partial charge in [0.05, 0.1) is 12.7 Å². The molecule has 18 heavy (non-hydrogen) atoms. The average molecular weight is 256 g/mol. The van der Waals surface area contributed by atoms with Crippen molar-refractivity contribution in [2.45, 2.75) is 45.6 Å². The van der Waals surface area contributed by atoms with E-state index >= 15 is 0 Å². The topological polar surface area (TPSA) is 55.6 Å². The number of carbonyl (C=O) groups excluding carboxylic acids is 1. The molecular formula is C14H28N2O2. The van der Waals surface area contributed by atoms with Crippen LogP contribution in [0.25, 0.3) is 0 Å². The maximum absolute atomic E-state index is 12.3. The molecule has 1 amide bonds. The monoisotopic (exact) mass is 256 g/mol. The second kappa shape index (κ2) is 7.74. The number of carbonyl (C=O) groups is 1. The molecule has 1 aliphatic rings. The molecule has 2 atom stereocenters. The van der Waals surface area contributed by atoms with Crippen LogP contribution in [-0.2, 0) is 9.53 Å². The molecular weight excluding hydrogens is 228 g/mol. The molecule has 0 aromatic carbocycles. The van der Waals surface area contributed by atoms with E-state index in [1.807, 2.05) is 25.8 Å². The lowest BCUT2D eigenvalue weighted by atomic mass is 9.81. The van der Waals surface area contributed by atoms with Crippen molar-refractivity contribution in [2.24, 2.45) is 17.6 Å². The van der Waals surface area contributed by atoms with Gasteiger partial charge in [0.15, 0.2) is 0 Å². The van der Waals surface area contributed by atoms with Gasteiger partial charge in [-0.15, -0.1) is 0 Å². The van der Waals surface area contributed by atoms with E-state index in [-0.39, 0.29) is 17.9 Å². The van der Waals surface area contributed by atoms with E-state index in [0.29, 0.717) is 25.6 Å². The molecule has 0 bridgehead atoms. The lowest BCUT2D eigenvalue weighted by Gasteiger charge is -2.30. The molecule has 4 heteroatoms. The SMILES string of the molecule is CC(C)OCCN(C)C(=O)C1CCCC(CN)C1. The van der Waals surface area contributed by atoms with Crippen molar-refractivity contribution >= 4 is 5.91 Å². The summed E-state index contributed by atoms with van der Waals surface area (Å²) in [5.41, 5.74) is 5.71. The summed E-state index contributed by atoms with van der Waals surface area (Å²) < 4.78 is 5.48. The van der Waals surface area contributed by atoms with E-state index < -0.39 is 0 Å². The number of nitrogens with two attached hydrogens (primary N) is 1. The molecule has 1 saturated carbocycles. The van der Waals surface area contributed by atoms with Gasteiger partial charge < -0.3 is 15.4 Å². The van der Waals surface area contributed by atoms with Crippen LogP contribution in [0.4, 0.5) is 0 Å². The van der Waals surface area contributed by atoms with Gasteiger partial charge in [0.1, 0.15) is 0 Å². The van der Waals surface area contributed by atoms with Gasteiger partial charge in [0, 0.05) is 19.5 Å². The Hall–Kier alpha value is -0.610. The summed E-state index contributed by atoms with van der Waals surface area (Å²) in [6.07, 6.45) is 4.52. The fourth-order valence-electron chi connectivity index (χ4n) is 2.58. The van der Waals surface area contributed by atoms with E-state index in [9.17, 15) is 4.79 Å². The highest BCUT2D eigenvalue weighted by Crippen LogP contribution is 2.29. The summed E-state index contributed by atoms with van der Waals surface area (Å²) in [7, 11) is 1.87. The molecule has 0 aliphatic heterocycles. The Balaban J connectivity index is 2.33. The summed E-state index contributed by atoms with van der Waals surface area (Å²) in [6, 6.07) is 0. The van der Waals surface area contributed by atoms with Crippen LogP contribution in [0.2, 0.25) is 0 Å². The third-order valence-corrected chi connectivity index (χ3v) is 3.72. The van der Waals surface area contributed by atoms with E-state index in [4.69, 9.17) is 10.5 Å². The first kappa shape index (κ1) is 15.4. The first-order chi connectivity index (χ1) is 8.54.